The summed E-state index contributed by atoms with van der Waals surface area (Å²) >= 11 is 5.87. The lowest BCUT2D eigenvalue weighted by molar-refractivity contribution is 0.181. The highest BCUT2D eigenvalue weighted by molar-refractivity contribution is 7.89. The van der Waals surface area contributed by atoms with Crippen LogP contribution >= 0.6 is 11.6 Å². The van der Waals surface area contributed by atoms with Gasteiger partial charge in [0.1, 0.15) is 0 Å². The van der Waals surface area contributed by atoms with Crippen LogP contribution in [0.15, 0.2) is 53.4 Å². The number of rotatable bonds is 4. The van der Waals surface area contributed by atoms with Crippen molar-refractivity contribution in [3.05, 3.63) is 59.1 Å². The number of hydrogen-bond acceptors (Lipinski definition) is 4. The van der Waals surface area contributed by atoms with Gasteiger partial charge in [-0.05, 0) is 23.8 Å². The second kappa shape index (κ2) is 7.11. The molecule has 24 heavy (non-hydrogen) atoms. The molecule has 3 rings (SSSR count). The second-order valence-corrected chi connectivity index (χ2v) is 8.19. The Balaban J connectivity index is 1.66. The van der Waals surface area contributed by atoms with Gasteiger partial charge in [0.25, 0.3) is 0 Å². The van der Waals surface area contributed by atoms with Crippen molar-refractivity contribution in [2.45, 2.75) is 11.4 Å². The average molecular weight is 366 g/mol. The molecule has 0 bridgehead atoms. The fourth-order valence-electron chi connectivity index (χ4n) is 2.80. The Morgan fingerprint density at radius 1 is 1.00 bits per heavy atom. The van der Waals surface area contributed by atoms with Crippen LogP contribution in [-0.2, 0) is 16.6 Å². The summed E-state index contributed by atoms with van der Waals surface area (Å²) in [7, 11) is -3.53. The first kappa shape index (κ1) is 17.2. The molecule has 1 fully saturated rings. The minimum absolute atomic E-state index is 0.195. The average Bonchev–Trinajstić information content (AvgIpc) is 2.58. The maximum absolute atomic E-state index is 12.7. The van der Waals surface area contributed by atoms with Gasteiger partial charge < -0.3 is 5.73 Å². The predicted octanol–water partition coefficient (Wildman–Crippen LogP) is 2.43. The fraction of sp³-hybridized carbons (Fsp3) is 0.294. The zero-order valence-corrected chi connectivity index (χ0v) is 14.8. The molecule has 2 aromatic rings. The first-order valence-electron chi connectivity index (χ1n) is 7.78. The van der Waals surface area contributed by atoms with Crippen LogP contribution in [-0.4, -0.2) is 43.8 Å². The molecular formula is C17H20ClN3O2S. The van der Waals surface area contributed by atoms with Crippen molar-refractivity contribution in [3.63, 3.8) is 0 Å². The molecule has 0 unspecified atom stereocenters. The Labute approximate surface area is 147 Å². The third-order valence-electron chi connectivity index (χ3n) is 4.19. The van der Waals surface area contributed by atoms with E-state index in [0.717, 1.165) is 6.54 Å². The van der Waals surface area contributed by atoms with Gasteiger partial charge >= 0.3 is 0 Å². The summed E-state index contributed by atoms with van der Waals surface area (Å²) in [5, 5.41) is 0.363. The smallest absolute Gasteiger partial charge is 0.243 e. The number of benzene rings is 2. The Kier molecular flexibility index (Phi) is 5.10. The van der Waals surface area contributed by atoms with Crippen LogP contribution in [0, 0.1) is 0 Å². The summed E-state index contributed by atoms with van der Waals surface area (Å²) in [5.41, 5.74) is 7.25. The van der Waals surface area contributed by atoms with E-state index in [1.54, 1.807) is 0 Å². The maximum atomic E-state index is 12.7. The van der Waals surface area contributed by atoms with Crippen molar-refractivity contribution in [3.8, 4) is 0 Å². The molecule has 0 saturated carbocycles. The highest BCUT2D eigenvalue weighted by Crippen LogP contribution is 2.25. The molecule has 0 radical (unpaired) electrons. The van der Waals surface area contributed by atoms with Crippen LogP contribution in [0.25, 0.3) is 0 Å². The lowest BCUT2D eigenvalue weighted by atomic mass is 10.2. The monoisotopic (exact) mass is 365 g/mol. The minimum atomic E-state index is -3.53. The molecule has 7 heteroatoms. The van der Waals surface area contributed by atoms with Gasteiger partial charge in [-0.2, -0.15) is 4.31 Å². The van der Waals surface area contributed by atoms with E-state index in [0.29, 0.717) is 31.2 Å². The first-order valence-corrected chi connectivity index (χ1v) is 9.60. The van der Waals surface area contributed by atoms with Crippen molar-refractivity contribution in [2.75, 3.05) is 31.9 Å². The van der Waals surface area contributed by atoms with E-state index in [1.165, 1.54) is 28.1 Å². The summed E-state index contributed by atoms with van der Waals surface area (Å²) in [6.45, 7) is 3.19. The Morgan fingerprint density at radius 3 is 2.29 bits per heavy atom. The van der Waals surface area contributed by atoms with Crippen molar-refractivity contribution >= 4 is 27.3 Å². The zero-order chi connectivity index (χ0) is 17.2. The normalized spacial score (nSPS) is 17.0. The highest BCUT2D eigenvalue weighted by atomic mass is 35.5. The third kappa shape index (κ3) is 3.72. The van der Waals surface area contributed by atoms with Gasteiger partial charge in [0.05, 0.1) is 15.6 Å². The maximum Gasteiger partial charge on any atom is 0.243 e. The van der Waals surface area contributed by atoms with E-state index in [2.05, 4.69) is 17.0 Å². The van der Waals surface area contributed by atoms with E-state index in [-0.39, 0.29) is 10.6 Å². The molecule has 2 N–H and O–H groups in total. The van der Waals surface area contributed by atoms with E-state index >= 15 is 0 Å². The largest absolute Gasteiger partial charge is 0.397 e. The fourth-order valence-corrected chi connectivity index (χ4v) is 4.38. The molecule has 1 saturated heterocycles. The van der Waals surface area contributed by atoms with Crippen LogP contribution in [0.4, 0.5) is 5.69 Å². The van der Waals surface area contributed by atoms with E-state index in [9.17, 15) is 8.42 Å². The van der Waals surface area contributed by atoms with Gasteiger partial charge in [0.2, 0.25) is 10.0 Å². The zero-order valence-electron chi connectivity index (χ0n) is 13.2. The number of sulfonamides is 1. The molecule has 0 aliphatic carbocycles. The molecule has 0 amide bonds. The number of nitrogens with zero attached hydrogens (tertiary/aromatic N) is 2. The first-order chi connectivity index (χ1) is 11.5. The summed E-state index contributed by atoms with van der Waals surface area (Å²) in [5.74, 6) is 0. The molecule has 1 heterocycles. The molecule has 0 atom stereocenters. The SMILES string of the molecule is Nc1cc(S(=O)(=O)N2CCN(Cc3ccccc3)CC2)ccc1Cl. The van der Waals surface area contributed by atoms with E-state index in [1.807, 2.05) is 18.2 Å². The molecule has 1 aliphatic heterocycles. The molecule has 128 valence electrons. The summed E-state index contributed by atoms with van der Waals surface area (Å²) in [6, 6.07) is 14.6. The number of halogens is 1. The summed E-state index contributed by atoms with van der Waals surface area (Å²) in [6.07, 6.45) is 0. The Morgan fingerprint density at radius 2 is 1.67 bits per heavy atom. The standard InChI is InChI=1S/C17H20ClN3O2S/c18-16-7-6-15(12-17(16)19)24(22,23)21-10-8-20(9-11-21)13-14-4-2-1-3-5-14/h1-7,12H,8-11,13,19H2. The lowest BCUT2D eigenvalue weighted by Crippen LogP contribution is -2.48. The van der Waals surface area contributed by atoms with Crippen LogP contribution in [0.5, 0.6) is 0 Å². The van der Waals surface area contributed by atoms with Gasteiger partial charge in [-0.3, -0.25) is 4.90 Å². The predicted molar refractivity (Wildman–Crippen MR) is 96.3 cm³/mol. The highest BCUT2D eigenvalue weighted by Gasteiger charge is 2.28. The Bertz CT molecular complexity index is 804. The lowest BCUT2D eigenvalue weighted by Gasteiger charge is -2.34. The van der Waals surface area contributed by atoms with Crippen LogP contribution in [0.3, 0.4) is 0 Å². The van der Waals surface area contributed by atoms with Crippen LogP contribution < -0.4 is 5.73 Å². The van der Waals surface area contributed by atoms with Crippen molar-refractivity contribution in [1.82, 2.24) is 9.21 Å². The number of anilines is 1. The number of hydrogen-bond donors (Lipinski definition) is 1. The van der Waals surface area contributed by atoms with Crippen molar-refractivity contribution in [2.24, 2.45) is 0 Å². The minimum Gasteiger partial charge on any atom is -0.397 e. The summed E-state index contributed by atoms with van der Waals surface area (Å²) < 4.78 is 27.0. The number of nitrogen functional groups attached to an aromatic ring is 1. The van der Waals surface area contributed by atoms with Crippen molar-refractivity contribution < 1.29 is 8.42 Å². The van der Waals surface area contributed by atoms with E-state index < -0.39 is 10.0 Å². The molecule has 2 aromatic carbocycles. The van der Waals surface area contributed by atoms with Gasteiger partial charge in [-0.15, -0.1) is 0 Å². The number of nitrogens with two attached hydrogens (primary N) is 1. The van der Waals surface area contributed by atoms with Crippen molar-refractivity contribution in [1.29, 1.82) is 0 Å². The Hall–Kier alpha value is -1.60. The quantitative estimate of drug-likeness (QED) is 0.845. The second-order valence-electron chi connectivity index (χ2n) is 5.85. The van der Waals surface area contributed by atoms with Crippen LogP contribution in [0.2, 0.25) is 5.02 Å². The molecule has 1 aliphatic rings. The topological polar surface area (TPSA) is 66.6 Å². The summed E-state index contributed by atoms with van der Waals surface area (Å²) in [4.78, 5) is 2.46. The van der Waals surface area contributed by atoms with Gasteiger partial charge in [0.15, 0.2) is 0 Å². The third-order valence-corrected chi connectivity index (χ3v) is 6.42. The van der Waals surface area contributed by atoms with E-state index in [4.69, 9.17) is 17.3 Å². The van der Waals surface area contributed by atoms with Crippen LogP contribution in [0.1, 0.15) is 5.56 Å². The molecule has 0 aromatic heterocycles. The molecule has 0 spiro atoms. The van der Waals surface area contributed by atoms with Gasteiger partial charge in [0, 0.05) is 32.7 Å². The van der Waals surface area contributed by atoms with Gasteiger partial charge in [-0.1, -0.05) is 41.9 Å². The van der Waals surface area contributed by atoms with Gasteiger partial charge in [-0.25, -0.2) is 8.42 Å². The number of piperazine rings is 1. The molecular weight excluding hydrogens is 346 g/mol. The molecule has 5 nitrogen and oxygen atoms in total.